The minimum absolute atomic E-state index is 0.0256. The van der Waals surface area contributed by atoms with Crippen LogP contribution >= 0.6 is 0 Å². The minimum Gasteiger partial charge on any atom is -0.485 e. The van der Waals surface area contributed by atoms with E-state index in [1.807, 2.05) is 19.1 Å². The average molecular weight is 527 g/mol. The summed E-state index contributed by atoms with van der Waals surface area (Å²) in [5.74, 6) is 0.911. The number of rotatable bonds is 9. The first-order valence-electron chi connectivity index (χ1n) is 14.4. The summed E-state index contributed by atoms with van der Waals surface area (Å²) in [5, 5.41) is 9.74. The Labute approximate surface area is 231 Å². The first-order chi connectivity index (χ1) is 19.0. The molecule has 2 aliphatic heterocycles. The van der Waals surface area contributed by atoms with Crippen molar-refractivity contribution in [2.24, 2.45) is 11.8 Å². The topological polar surface area (TPSA) is 71.9 Å². The molecule has 1 N–H and O–H groups in total. The molecule has 1 unspecified atom stereocenters. The number of nitrogens with zero attached hydrogens (tertiary/aromatic N) is 2. The van der Waals surface area contributed by atoms with Crippen molar-refractivity contribution in [2.45, 2.75) is 64.0 Å². The van der Waals surface area contributed by atoms with Gasteiger partial charge in [-0.05, 0) is 109 Å². The van der Waals surface area contributed by atoms with Crippen molar-refractivity contribution in [1.82, 2.24) is 9.88 Å². The Kier molecular flexibility index (Phi) is 7.30. The van der Waals surface area contributed by atoms with E-state index in [4.69, 9.17) is 9.47 Å². The predicted molar refractivity (Wildman–Crippen MR) is 151 cm³/mol. The Hall–Kier alpha value is -3.38. The highest BCUT2D eigenvalue weighted by atomic mass is 16.5. The van der Waals surface area contributed by atoms with Crippen LogP contribution in [0.5, 0.6) is 11.6 Å². The Morgan fingerprint density at radius 1 is 1.10 bits per heavy atom. The molecule has 2 aromatic carbocycles. The van der Waals surface area contributed by atoms with Gasteiger partial charge >= 0.3 is 5.97 Å². The van der Waals surface area contributed by atoms with Crippen LogP contribution in [0.4, 0.5) is 0 Å². The molecule has 0 bridgehead atoms. The minimum atomic E-state index is -0.721. The van der Waals surface area contributed by atoms with Crippen molar-refractivity contribution < 1.29 is 19.4 Å². The zero-order chi connectivity index (χ0) is 26.9. The van der Waals surface area contributed by atoms with Gasteiger partial charge in [-0.3, -0.25) is 9.69 Å². The summed E-state index contributed by atoms with van der Waals surface area (Å²) in [6, 6.07) is 17.2. The molecule has 1 saturated carbocycles. The molecular weight excluding hydrogens is 488 g/mol. The predicted octanol–water partition coefficient (Wildman–Crippen LogP) is 6.63. The molecule has 1 saturated heterocycles. The van der Waals surface area contributed by atoms with Crippen LogP contribution in [0.1, 0.15) is 73.3 Å². The first kappa shape index (κ1) is 25.9. The van der Waals surface area contributed by atoms with E-state index in [0.717, 1.165) is 62.2 Å². The normalized spacial score (nSPS) is 20.6. The molecule has 0 spiro atoms. The molecule has 0 amide bonds. The van der Waals surface area contributed by atoms with Gasteiger partial charge in [-0.25, -0.2) is 4.98 Å². The Morgan fingerprint density at radius 3 is 2.67 bits per heavy atom. The monoisotopic (exact) mass is 526 g/mol. The average Bonchev–Trinajstić information content (AvgIpc) is 3.66. The van der Waals surface area contributed by atoms with Gasteiger partial charge < -0.3 is 14.6 Å². The van der Waals surface area contributed by atoms with Crippen LogP contribution in [0.3, 0.4) is 0 Å². The molecule has 3 heterocycles. The van der Waals surface area contributed by atoms with E-state index in [0.29, 0.717) is 11.8 Å². The molecule has 6 nitrogen and oxygen atoms in total. The van der Waals surface area contributed by atoms with Gasteiger partial charge in [-0.1, -0.05) is 37.3 Å². The standard InChI is InChI=1S/C33H38N2O4/c1-21(33(36)37)32(23-6-7-23)26-8-5-22-10-12-29(39-30(22)18-26)25-9-11-28(24-13-14-34-31(19-24)38-2)27(17-25)20-35-15-3-4-16-35/h5,8-9,11,13-14,17-19,21,23,29,32H,3-4,6-7,10,12,15-16,20H2,1-2H3,(H,36,37)/t21-,29-,32?/m0/s1. The molecule has 3 aromatic rings. The second-order valence-corrected chi connectivity index (χ2v) is 11.5. The third kappa shape index (κ3) is 5.53. The molecule has 3 atom stereocenters. The fourth-order valence-corrected chi connectivity index (χ4v) is 6.50. The number of methoxy groups -OCH3 is 1. The molecule has 3 aliphatic rings. The van der Waals surface area contributed by atoms with Gasteiger partial charge in [-0.15, -0.1) is 0 Å². The first-order valence-corrected chi connectivity index (χ1v) is 14.4. The van der Waals surface area contributed by atoms with E-state index in [9.17, 15) is 9.90 Å². The van der Waals surface area contributed by atoms with Gasteiger partial charge in [0.25, 0.3) is 0 Å². The fourth-order valence-electron chi connectivity index (χ4n) is 6.50. The smallest absolute Gasteiger partial charge is 0.306 e. The maximum absolute atomic E-state index is 11.8. The van der Waals surface area contributed by atoms with Crippen LogP contribution in [0, 0.1) is 11.8 Å². The van der Waals surface area contributed by atoms with E-state index >= 15 is 0 Å². The third-order valence-corrected chi connectivity index (χ3v) is 8.83. The summed E-state index contributed by atoms with van der Waals surface area (Å²) in [6.45, 7) is 5.03. The number of ether oxygens (including phenoxy) is 2. The van der Waals surface area contributed by atoms with Crippen molar-refractivity contribution in [3.63, 3.8) is 0 Å². The lowest BCUT2D eigenvalue weighted by atomic mass is 9.82. The lowest BCUT2D eigenvalue weighted by molar-refractivity contribution is -0.142. The van der Waals surface area contributed by atoms with Gasteiger partial charge in [0.2, 0.25) is 5.88 Å². The molecule has 0 radical (unpaired) electrons. The molecule has 2 fully saturated rings. The van der Waals surface area contributed by atoms with Crippen molar-refractivity contribution in [3.05, 3.63) is 77.0 Å². The zero-order valence-corrected chi connectivity index (χ0v) is 22.9. The zero-order valence-electron chi connectivity index (χ0n) is 22.9. The van der Waals surface area contributed by atoms with Crippen LogP contribution in [0.15, 0.2) is 54.7 Å². The van der Waals surface area contributed by atoms with Crippen LogP contribution in [-0.4, -0.2) is 41.2 Å². The summed E-state index contributed by atoms with van der Waals surface area (Å²) in [5.41, 5.74) is 7.13. The summed E-state index contributed by atoms with van der Waals surface area (Å²) in [7, 11) is 1.65. The van der Waals surface area contributed by atoms with E-state index in [1.165, 1.54) is 35.1 Å². The van der Waals surface area contributed by atoms with Crippen molar-refractivity contribution in [2.75, 3.05) is 20.2 Å². The number of fused-ring (bicyclic) bond motifs is 1. The molecule has 6 rings (SSSR count). The van der Waals surface area contributed by atoms with Gasteiger partial charge in [0.05, 0.1) is 13.0 Å². The van der Waals surface area contributed by atoms with Crippen LogP contribution in [0.25, 0.3) is 11.1 Å². The Balaban J connectivity index is 1.30. The summed E-state index contributed by atoms with van der Waals surface area (Å²) in [6.07, 6.45) is 8.39. The largest absolute Gasteiger partial charge is 0.485 e. The fraction of sp³-hybridized carbons (Fsp3) is 0.455. The van der Waals surface area contributed by atoms with E-state index in [1.54, 1.807) is 13.3 Å². The number of benzene rings is 2. The highest BCUT2D eigenvalue weighted by Crippen LogP contribution is 2.48. The highest BCUT2D eigenvalue weighted by molar-refractivity contribution is 5.71. The number of aliphatic carboxylic acids is 1. The van der Waals surface area contributed by atoms with Crippen molar-refractivity contribution in [1.29, 1.82) is 0 Å². The molecule has 1 aliphatic carbocycles. The number of carbonyl (C=O) groups is 1. The molecule has 1 aromatic heterocycles. The van der Waals surface area contributed by atoms with Gasteiger partial charge in [0, 0.05) is 18.8 Å². The number of likely N-dealkylation sites (tertiary alicyclic amines) is 1. The molecular formula is C33H38N2O4. The lowest BCUT2D eigenvalue weighted by Crippen LogP contribution is -2.22. The number of carboxylic acid groups (broad SMARTS) is 1. The van der Waals surface area contributed by atoms with E-state index in [2.05, 4.69) is 46.3 Å². The van der Waals surface area contributed by atoms with Gasteiger partial charge in [0.1, 0.15) is 11.9 Å². The Morgan fingerprint density at radius 2 is 1.92 bits per heavy atom. The van der Waals surface area contributed by atoms with Crippen molar-refractivity contribution in [3.8, 4) is 22.8 Å². The van der Waals surface area contributed by atoms with Gasteiger partial charge in [-0.2, -0.15) is 0 Å². The van der Waals surface area contributed by atoms with Crippen molar-refractivity contribution >= 4 is 5.97 Å². The Bertz CT molecular complexity index is 1350. The van der Waals surface area contributed by atoms with E-state index < -0.39 is 11.9 Å². The number of aromatic nitrogens is 1. The molecule has 204 valence electrons. The maximum Gasteiger partial charge on any atom is 0.306 e. The van der Waals surface area contributed by atoms with Crippen LogP contribution in [0.2, 0.25) is 0 Å². The number of hydrogen-bond donors (Lipinski definition) is 1. The number of carboxylic acids is 1. The summed E-state index contributed by atoms with van der Waals surface area (Å²) >= 11 is 0. The highest BCUT2D eigenvalue weighted by Gasteiger charge is 2.39. The number of pyridine rings is 1. The number of hydrogen-bond acceptors (Lipinski definition) is 5. The summed E-state index contributed by atoms with van der Waals surface area (Å²) in [4.78, 5) is 18.7. The maximum atomic E-state index is 11.8. The SMILES string of the molecule is COc1cc(-c2ccc([C@@H]3CCc4ccc(C(C5CC5)[C@H](C)C(=O)O)cc4O3)cc2CN2CCCC2)ccn1. The third-order valence-electron chi connectivity index (χ3n) is 8.83. The number of aryl methyl sites for hydroxylation is 1. The van der Waals surface area contributed by atoms with Crippen LogP contribution < -0.4 is 9.47 Å². The second-order valence-electron chi connectivity index (χ2n) is 11.5. The second kappa shape index (κ2) is 11.0. The van der Waals surface area contributed by atoms with E-state index in [-0.39, 0.29) is 12.0 Å². The molecule has 6 heteroatoms. The van der Waals surface area contributed by atoms with Gasteiger partial charge in [0.15, 0.2) is 0 Å². The lowest BCUT2D eigenvalue weighted by Gasteiger charge is -2.29. The summed E-state index contributed by atoms with van der Waals surface area (Å²) < 4.78 is 12.1. The quantitative estimate of drug-likeness (QED) is 0.337. The van der Waals surface area contributed by atoms with Crippen LogP contribution in [-0.2, 0) is 17.8 Å². The molecule has 39 heavy (non-hydrogen) atoms.